The summed E-state index contributed by atoms with van der Waals surface area (Å²) in [7, 11) is 0. The largest absolute Gasteiger partial charge is 0.396 e. The van der Waals surface area contributed by atoms with Crippen molar-refractivity contribution >= 4 is 0 Å². The molecule has 0 amide bonds. The molecule has 0 radical (unpaired) electrons. The van der Waals surface area contributed by atoms with E-state index in [4.69, 9.17) is 9.84 Å². The number of rotatable bonds is 14. The van der Waals surface area contributed by atoms with Crippen molar-refractivity contribution < 1.29 is 30.3 Å². The predicted molar refractivity (Wildman–Crippen MR) is 84.3 cm³/mol. The van der Waals surface area contributed by atoms with E-state index in [1.807, 2.05) is 6.92 Å². The standard InChI is InChI=1S/C16H34O6/c1-3-5-6-7-8-9-12(4-2)22-16(21)15(20)14(19)13(18)10-11-17/h12-21H,3-11H2,1-2H3. The van der Waals surface area contributed by atoms with E-state index in [0.29, 0.717) is 6.42 Å². The van der Waals surface area contributed by atoms with Crippen LogP contribution in [-0.4, -0.2) is 62.8 Å². The second-order valence-electron chi connectivity index (χ2n) is 5.82. The van der Waals surface area contributed by atoms with Crippen LogP contribution in [0.1, 0.15) is 65.2 Å². The van der Waals surface area contributed by atoms with Crippen LogP contribution in [0.15, 0.2) is 0 Å². The highest BCUT2D eigenvalue weighted by molar-refractivity contribution is 4.77. The van der Waals surface area contributed by atoms with Gasteiger partial charge in [-0.25, -0.2) is 0 Å². The number of hydrogen-bond donors (Lipinski definition) is 5. The van der Waals surface area contributed by atoms with Crippen molar-refractivity contribution in [2.75, 3.05) is 6.61 Å². The van der Waals surface area contributed by atoms with Gasteiger partial charge in [0.05, 0.1) is 12.2 Å². The van der Waals surface area contributed by atoms with E-state index in [9.17, 15) is 20.4 Å². The van der Waals surface area contributed by atoms with Crippen LogP contribution in [0.4, 0.5) is 0 Å². The first-order chi connectivity index (χ1) is 10.5. The highest BCUT2D eigenvalue weighted by Crippen LogP contribution is 2.16. The molecule has 0 fully saturated rings. The van der Waals surface area contributed by atoms with Gasteiger partial charge in [-0.05, 0) is 19.3 Å². The summed E-state index contributed by atoms with van der Waals surface area (Å²) in [4.78, 5) is 0. The minimum Gasteiger partial charge on any atom is -0.396 e. The lowest BCUT2D eigenvalue weighted by molar-refractivity contribution is -0.222. The van der Waals surface area contributed by atoms with Gasteiger partial charge in [-0.1, -0.05) is 46.0 Å². The van der Waals surface area contributed by atoms with Crippen molar-refractivity contribution in [1.82, 2.24) is 0 Å². The van der Waals surface area contributed by atoms with Gasteiger partial charge in [0.15, 0.2) is 6.29 Å². The first-order valence-corrected chi connectivity index (χ1v) is 8.46. The topological polar surface area (TPSA) is 110 Å². The number of aliphatic hydroxyl groups is 5. The third-order valence-electron chi connectivity index (χ3n) is 3.88. The van der Waals surface area contributed by atoms with Crippen molar-refractivity contribution in [2.45, 2.75) is 95.9 Å². The smallest absolute Gasteiger partial charge is 0.183 e. The Balaban J connectivity index is 4.14. The van der Waals surface area contributed by atoms with Gasteiger partial charge in [-0.2, -0.15) is 0 Å². The van der Waals surface area contributed by atoms with E-state index >= 15 is 0 Å². The summed E-state index contributed by atoms with van der Waals surface area (Å²) in [5.74, 6) is 0. The van der Waals surface area contributed by atoms with Crippen LogP contribution in [0.5, 0.6) is 0 Å². The van der Waals surface area contributed by atoms with Crippen LogP contribution >= 0.6 is 0 Å². The summed E-state index contributed by atoms with van der Waals surface area (Å²) in [6.07, 6.45) is 0.933. The van der Waals surface area contributed by atoms with Crippen molar-refractivity contribution in [3.05, 3.63) is 0 Å². The fourth-order valence-electron chi connectivity index (χ4n) is 2.32. The Kier molecular flexibility index (Phi) is 13.1. The lowest BCUT2D eigenvalue weighted by Gasteiger charge is -2.28. The molecule has 22 heavy (non-hydrogen) atoms. The fourth-order valence-corrected chi connectivity index (χ4v) is 2.32. The zero-order valence-electron chi connectivity index (χ0n) is 13.9. The maximum Gasteiger partial charge on any atom is 0.183 e. The summed E-state index contributed by atoms with van der Waals surface area (Å²) in [6.45, 7) is 3.79. The summed E-state index contributed by atoms with van der Waals surface area (Å²) < 4.78 is 5.39. The lowest BCUT2D eigenvalue weighted by atomic mass is 10.0. The van der Waals surface area contributed by atoms with Crippen LogP contribution in [0, 0.1) is 0 Å². The molecule has 5 atom stereocenters. The van der Waals surface area contributed by atoms with Gasteiger partial charge in [0.2, 0.25) is 0 Å². The zero-order chi connectivity index (χ0) is 17.0. The molecule has 0 rings (SSSR count). The van der Waals surface area contributed by atoms with E-state index in [-0.39, 0.29) is 19.1 Å². The molecule has 134 valence electrons. The molecule has 0 bridgehead atoms. The van der Waals surface area contributed by atoms with Gasteiger partial charge in [0.1, 0.15) is 12.2 Å². The van der Waals surface area contributed by atoms with E-state index in [0.717, 1.165) is 19.3 Å². The lowest BCUT2D eigenvalue weighted by Crippen LogP contribution is -2.46. The average molecular weight is 322 g/mol. The van der Waals surface area contributed by atoms with Gasteiger partial charge >= 0.3 is 0 Å². The summed E-state index contributed by atoms with van der Waals surface area (Å²) in [5.41, 5.74) is 0. The van der Waals surface area contributed by atoms with E-state index in [1.165, 1.54) is 19.3 Å². The summed E-state index contributed by atoms with van der Waals surface area (Å²) in [6, 6.07) is 0. The van der Waals surface area contributed by atoms with E-state index in [1.54, 1.807) is 0 Å². The Morgan fingerprint density at radius 1 is 0.818 bits per heavy atom. The van der Waals surface area contributed by atoms with Gasteiger partial charge in [-0.3, -0.25) is 0 Å². The molecular formula is C16H34O6. The maximum absolute atomic E-state index is 9.84. The number of ether oxygens (including phenoxy) is 1. The third-order valence-corrected chi connectivity index (χ3v) is 3.88. The molecule has 5 N–H and O–H groups in total. The first-order valence-electron chi connectivity index (χ1n) is 8.46. The summed E-state index contributed by atoms with van der Waals surface area (Å²) >= 11 is 0. The second-order valence-corrected chi connectivity index (χ2v) is 5.82. The Labute approximate surface area is 133 Å². The molecule has 6 nitrogen and oxygen atoms in total. The number of aliphatic hydroxyl groups excluding tert-OH is 5. The molecule has 0 aliphatic rings. The number of hydrogen-bond acceptors (Lipinski definition) is 6. The van der Waals surface area contributed by atoms with Gasteiger partial charge in [0, 0.05) is 6.61 Å². The quantitative estimate of drug-likeness (QED) is 0.240. The first kappa shape index (κ1) is 21.8. The average Bonchev–Trinajstić information content (AvgIpc) is 2.52. The van der Waals surface area contributed by atoms with Crippen molar-refractivity contribution in [3.8, 4) is 0 Å². The summed E-state index contributed by atoms with van der Waals surface area (Å²) in [5, 5.41) is 47.6. The third kappa shape index (κ3) is 9.02. The Bertz CT molecular complexity index is 251. The van der Waals surface area contributed by atoms with Crippen molar-refractivity contribution in [1.29, 1.82) is 0 Å². The van der Waals surface area contributed by atoms with Crippen LogP contribution < -0.4 is 0 Å². The van der Waals surface area contributed by atoms with Gasteiger partial charge in [0.25, 0.3) is 0 Å². The van der Waals surface area contributed by atoms with Crippen LogP contribution in [0.3, 0.4) is 0 Å². The number of unbranched alkanes of at least 4 members (excludes halogenated alkanes) is 4. The Morgan fingerprint density at radius 2 is 1.45 bits per heavy atom. The molecule has 0 spiro atoms. The highest BCUT2D eigenvalue weighted by atomic mass is 16.6. The molecule has 0 aromatic heterocycles. The van der Waals surface area contributed by atoms with Crippen LogP contribution in [-0.2, 0) is 4.74 Å². The van der Waals surface area contributed by atoms with Crippen LogP contribution in [0.25, 0.3) is 0 Å². The molecule has 5 unspecified atom stereocenters. The fraction of sp³-hybridized carbons (Fsp3) is 1.00. The Morgan fingerprint density at radius 3 is 2.00 bits per heavy atom. The molecule has 0 saturated heterocycles. The van der Waals surface area contributed by atoms with Crippen LogP contribution in [0.2, 0.25) is 0 Å². The minimum absolute atomic E-state index is 0.0699. The van der Waals surface area contributed by atoms with E-state index in [2.05, 4.69) is 6.92 Å². The molecule has 6 heteroatoms. The van der Waals surface area contributed by atoms with Gasteiger partial charge < -0.3 is 30.3 Å². The van der Waals surface area contributed by atoms with Crippen molar-refractivity contribution in [3.63, 3.8) is 0 Å². The highest BCUT2D eigenvalue weighted by Gasteiger charge is 2.31. The maximum atomic E-state index is 9.84. The molecule has 0 saturated carbocycles. The van der Waals surface area contributed by atoms with Crippen molar-refractivity contribution in [2.24, 2.45) is 0 Å². The minimum atomic E-state index is -1.60. The normalized spacial score (nSPS) is 18.7. The molecule has 0 aliphatic heterocycles. The Hall–Kier alpha value is -0.240. The zero-order valence-corrected chi connectivity index (χ0v) is 13.9. The monoisotopic (exact) mass is 322 g/mol. The molecule has 0 heterocycles. The van der Waals surface area contributed by atoms with Gasteiger partial charge in [-0.15, -0.1) is 0 Å². The molecule has 0 aromatic rings. The predicted octanol–water partition coefficient (Wildman–Crippen LogP) is 0.926. The second kappa shape index (κ2) is 13.2. The molecule has 0 aromatic carbocycles. The molecule has 0 aliphatic carbocycles. The van der Waals surface area contributed by atoms with E-state index < -0.39 is 24.6 Å². The SMILES string of the molecule is CCCCCCCC(CC)OC(O)C(O)C(O)C(O)CCO. The molecular weight excluding hydrogens is 288 g/mol.